The Morgan fingerprint density at radius 2 is 2.17 bits per heavy atom. The predicted molar refractivity (Wildman–Crippen MR) is 95.5 cm³/mol. The van der Waals surface area contributed by atoms with E-state index in [2.05, 4.69) is 23.5 Å². The minimum Gasteiger partial charge on any atom is -0.368 e. The van der Waals surface area contributed by atoms with Crippen LogP contribution >= 0.6 is 11.8 Å². The summed E-state index contributed by atoms with van der Waals surface area (Å²) in [6, 6.07) is 13.0. The molecular formula is C19H21FN2OS. The Balaban J connectivity index is 1.74. The lowest BCUT2D eigenvalue weighted by molar-refractivity contribution is -0.119. The molecule has 2 aromatic rings. The SMILES string of the molecule is CC(NCc1ccc2c(c1)C(Cc1ccccc1F)CS2)C(N)=O. The summed E-state index contributed by atoms with van der Waals surface area (Å²) in [5, 5.41) is 3.12. The highest BCUT2D eigenvalue weighted by molar-refractivity contribution is 7.99. The maximum Gasteiger partial charge on any atom is 0.234 e. The van der Waals surface area contributed by atoms with E-state index < -0.39 is 0 Å². The summed E-state index contributed by atoms with van der Waals surface area (Å²) in [6.45, 7) is 2.35. The highest BCUT2D eigenvalue weighted by Crippen LogP contribution is 2.41. The standard InChI is InChI=1S/C19H21FN2OS/c1-12(19(21)23)22-10-13-6-7-18-16(8-13)15(11-24-18)9-14-4-2-3-5-17(14)20/h2-8,12,15,22H,9-11H2,1H3,(H2,21,23). The highest BCUT2D eigenvalue weighted by Gasteiger charge is 2.24. The quantitative estimate of drug-likeness (QED) is 0.846. The fourth-order valence-corrected chi connectivity index (χ4v) is 4.14. The number of amides is 1. The number of thioether (sulfide) groups is 1. The van der Waals surface area contributed by atoms with E-state index >= 15 is 0 Å². The van der Waals surface area contributed by atoms with Crippen molar-refractivity contribution < 1.29 is 9.18 Å². The van der Waals surface area contributed by atoms with E-state index in [0.29, 0.717) is 18.9 Å². The van der Waals surface area contributed by atoms with Gasteiger partial charge in [0.25, 0.3) is 0 Å². The molecule has 24 heavy (non-hydrogen) atoms. The molecule has 0 saturated heterocycles. The van der Waals surface area contributed by atoms with Gasteiger partial charge in [0.1, 0.15) is 5.82 Å². The number of benzene rings is 2. The van der Waals surface area contributed by atoms with E-state index in [1.807, 2.05) is 23.9 Å². The highest BCUT2D eigenvalue weighted by atomic mass is 32.2. The van der Waals surface area contributed by atoms with Crippen molar-refractivity contribution in [2.45, 2.75) is 36.7 Å². The fraction of sp³-hybridized carbons (Fsp3) is 0.316. The lowest BCUT2D eigenvalue weighted by atomic mass is 9.92. The van der Waals surface area contributed by atoms with Gasteiger partial charge >= 0.3 is 0 Å². The molecular weight excluding hydrogens is 323 g/mol. The van der Waals surface area contributed by atoms with E-state index in [9.17, 15) is 9.18 Å². The fourth-order valence-electron chi connectivity index (χ4n) is 2.91. The summed E-state index contributed by atoms with van der Waals surface area (Å²) in [4.78, 5) is 12.4. The molecule has 1 amide bonds. The number of fused-ring (bicyclic) bond motifs is 1. The number of halogens is 1. The summed E-state index contributed by atoms with van der Waals surface area (Å²) >= 11 is 1.82. The van der Waals surface area contributed by atoms with Gasteiger partial charge in [0, 0.05) is 17.2 Å². The van der Waals surface area contributed by atoms with Gasteiger partial charge in [-0.15, -0.1) is 11.8 Å². The van der Waals surface area contributed by atoms with Gasteiger partial charge in [-0.05, 0) is 48.1 Å². The number of carbonyl (C=O) groups excluding carboxylic acids is 1. The maximum absolute atomic E-state index is 13.9. The minimum atomic E-state index is -0.359. The largest absolute Gasteiger partial charge is 0.368 e. The lowest BCUT2D eigenvalue weighted by Gasteiger charge is -2.14. The number of rotatable bonds is 6. The first-order valence-corrected chi connectivity index (χ1v) is 9.05. The van der Waals surface area contributed by atoms with Gasteiger partial charge in [0.05, 0.1) is 6.04 Å². The molecule has 2 aromatic carbocycles. The lowest BCUT2D eigenvalue weighted by Crippen LogP contribution is -2.38. The molecule has 126 valence electrons. The van der Waals surface area contributed by atoms with Crippen LogP contribution in [0.3, 0.4) is 0 Å². The number of nitrogens with one attached hydrogen (secondary N) is 1. The van der Waals surface area contributed by atoms with Crippen LogP contribution in [0.1, 0.15) is 29.5 Å². The van der Waals surface area contributed by atoms with Crippen LogP contribution in [0.25, 0.3) is 0 Å². The molecule has 0 aromatic heterocycles. The van der Waals surface area contributed by atoms with E-state index in [4.69, 9.17) is 5.73 Å². The van der Waals surface area contributed by atoms with Crippen molar-refractivity contribution in [3.63, 3.8) is 0 Å². The van der Waals surface area contributed by atoms with Crippen molar-refractivity contribution >= 4 is 17.7 Å². The third-order valence-corrected chi connectivity index (χ3v) is 5.67. The first-order chi connectivity index (χ1) is 11.5. The topological polar surface area (TPSA) is 55.1 Å². The number of carbonyl (C=O) groups is 1. The second-order valence-electron chi connectivity index (χ2n) is 6.18. The average molecular weight is 344 g/mol. The Hall–Kier alpha value is -1.85. The predicted octanol–water partition coefficient (Wildman–Crippen LogP) is 3.22. The molecule has 1 aliphatic heterocycles. The van der Waals surface area contributed by atoms with E-state index in [-0.39, 0.29) is 17.8 Å². The van der Waals surface area contributed by atoms with Crippen molar-refractivity contribution in [3.05, 3.63) is 65.0 Å². The van der Waals surface area contributed by atoms with Crippen molar-refractivity contribution in [1.29, 1.82) is 0 Å². The van der Waals surface area contributed by atoms with Crippen molar-refractivity contribution in [3.8, 4) is 0 Å². The third-order valence-electron chi connectivity index (χ3n) is 4.42. The molecule has 0 bridgehead atoms. The molecule has 5 heteroatoms. The normalized spacial score (nSPS) is 17.5. The third kappa shape index (κ3) is 3.79. The molecule has 0 radical (unpaired) electrons. The summed E-state index contributed by atoms with van der Waals surface area (Å²) < 4.78 is 13.9. The van der Waals surface area contributed by atoms with Gasteiger partial charge < -0.3 is 11.1 Å². The molecule has 3 nitrogen and oxygen atoms in total. The van der Waals surface area contributed by atoms with Crippen molar-refractivity contribution in [2.75, 3.05) is 5.75 Å². The first-order valence-electron chi connectivity index (χ1n) is 8.06. The molecule has 2 unspecified atom stereocenters. The van der Waals surface area contributed by atoms with Crippen LogP contribution in [0.2, 0.25) is 0 Å². The van der Waals surface area contributed by atoms with Crippen LogP contribution in [0.15, 0.2) is 47.4 Å². The van der Waals surface area contributed by atoms with Crippen molar-refractivity contribution in [2.24, 2.45) is 5.73 Å². The monoisotopic (exact) mass is 344 g/mol. The molecule has 3 N–H and O–H groups in total. The molecule has 0 fully saturated rings. The van der Waals surface area contributed by atoms with E-state index in [1.54, 1.807) is 13.0 Å². The second kappa shape index (κ2) is 7.36. The summed E-state index contributed by atoms with van der Waals surface area (Å²) in [7, 11) is 0. The first kappa shape index (κ1) is 17.0. The van der Waals surface area contributed by atoms with Gasteiger partial charge in [-0.1, -0.05) is 30.3 Å². The molecule has 3 rings (SSSR count). The zero-order valence-corrected chi connectivity index (χ0v) is 14.4. The summed E-state index contributed by atoms with van der Waals surface area (Å²) in [5.41, 5.74) is 8.42. The van der Waals surface area contributed by atoms with Gasteiger partial charge in [-0.2, -0.15) is 0 Å². The molecule has 0 aliphatic carbocycles. The number of hydrogen-bond donors (Lipinski definition) is 2. The Kier molecular flexibility index (Phi) is 5.21. The molecule has 0 spiro atoms. The van der Waals surface area contributed by atoms with Crippen LogP contribution in [0.4, 0.5) is 4.39 Å². The zero-order chi connectivity index (χ0) is 17.1. The van der Waals surface area contributed by atoms with Gasteiger partial charge in [0.2, 0.25) is 5.91 Å². The molecule has 2 atom stereocenters. The van der Waals surface area contributed by atoms with Crippen LogP contribution in [0, 0.1) is 5.82 Å². The van der Waals surface area contributed by atoms with Gasteiger partial charge in [-0.3, -0.25) is 4.79 Å². The number of primary amides is 1. The molecule has 1 aliphatic rings. The zero-order valence-electron chi connectivity index (χ0n) is 13.6. The van der Waals surface area contributed by atoms with E-state index in [1.165, 1.54) is 16.5 Å². The minimum absolute atomic E-state index is 0.135. The average Bonchev–Trinajstić information content (AvgIpc) is 2.97. The summed E-state index contributed by atoms with van der Waals surface area (Å²) in [6.07, 6.45) is 0.710. The summed E-state index contributed by atoms with van der Waals surface area (Å²) in [5.74, 6) is 0.793. The molecule has 1 heterocycles. The Labute approximate surface area is 145 Å². The maximum atomic E-state index is 13.9. The number of nitrogens with two attached hydrogens (primary N) is 1. The van der Waals surface area contributed by atoms with Crippen molar-refractivity contribution in [1.82, 2.24) is 5.32 Å². The van der Waals surface area contributed by atoms with Gasteiger partial charge in [0.15, 0.2) is 0 Å². The van der Waals surface area contributed by atoms with Crippen LogP contribution < -0.4 is 11.1 Å². The molecule has 0 saturated carbocycles. The van der Waals surface area contributed by atoms with Crippen LogP contribution in [-0.4, -0.2) is 17.7 Å². The van der Waals surface area contributed by atoms with Crippen LogP contribution in [-0.2, 0) is 17.8 Å². The Morgan fingerprint density at radius 3 is 2.92 bits per heavy atom. The van der Waals surface area contributed by atoms with Gasteiger partial charge in [-0.25, -0.2) is 4.39 Å². The number of hydrogen-bond acceptors (Lipinski definition) is 3. The smallest absolute Gasteiger partial charge is 0.234 e. The second-order valence-corrected chi connectivity index (χ2v) is 7.24. The Bertz CT molecular complexity index is 750. The van der Waals surface area contributed by atoms with E-state index in [0.717, 1.165) is 16.9 Å². The van der Waals surface area contributed by atoms with Crippen LogP contribution in [0.5, 0.6) is 0 Å². The Morgan fingerprint density at radius 1 is 1.38 bits per heavy atom.